The number of rotatable bonds is 1. The maximum atomic E-state index is 11.6. The predicted molar refractivity (Wildman–Crippen MR) is 47.7 cm³/mol. The molecule has 1 spiro atoms. The fraction of sp³-hybridized carbons (Fsp3) is 0.900. The van der Waals surface area contributed by atoms with E-state index in [0.29, 0.717) is 11.8 Å². The summed E-state index contributed by atoms with van der Waals surface area (Å²) >= 11 is 0. The molecule has 1 atom stereocenters. The minimum absolute atomic E-state index is 0.266. The molecule has 2 nitrogen and oxygen atoms in total. The van der Waals surface area contributed by atoms with Crippen LogP contribution in [-0.2, 0) is 4.79 Å². The van der Waals surface area contributed by atoms with E-state index in [1.165, 1.54) is 19.3 Å². The highest BCUT2D eigenvalue weighted by Crippen LogP contribution is 2.44. The molecule has 2 heteroatoms. The molecule has 1 amide bonds. The van der Waals surface area contributed by atoms with Gasteiger partial charge in [-0.3, -0.25) is 4.79 Å². The lowest BCUT2D eigenvalue weighted by atomic mass is 9.84. The van der Waals surface area contributed by atoms with Gasteiger partial charge >= 0.3 is 0 Å². The monoisotopic (exact) mass is 167 g/mol. The Hall–Kier alpha value is -0.530. The second-order valence-corrected chi connectivity index (χ2v) is 4.66. The normalized spacial score (nSPS) is 32.2. The molecule has 1 N–H and O–H groups in total. The summed E-state index contributed by atoms with van der Waals surface area (Å²) in [4.78, 5) is 11.6. The average Bonchev–Trinajstić information content (AvgIpc) is 2.68. The summed E-state index contributed by atoms with van der Waals surface area (Å²) < 4.78 is 0. The third kappa shape index (κ3) is 1.23. The molecule has 1 unspecified atom stereocenters. The van der Waals surface area contributed by atoms with Crippen molar-refractivity contribution in [3.8, 4) is 0 Å². The molecule has 1 aliphatic heterocycles. The number of nitrogens with one attached hydrogen (secondary N) is 1. The maximum Gasteiger partial charge on any atom is 0.223 e. The Kier molecular flexibility index (Phi) is 1.67. The van der Waals surface area contributed by atoms with Gasteiger partial charge in [-0.25, -0.2) is 0 Å². The van der Waals surface area contributed by atoms with Crippen LogP contribution in [0, 0.1) is 11.8 Å². The largest absolute Gasteiger partial charge is 0.350 e. The molecule has 2 fully saturated rings. The topological polar surface area (TPSA) is 29.1 Å². The van der Waals surface area contributed by atoms with Crippen molar-refractivity contribution in [1.82, 2.24) is 5.32 Å². The highest BCUT2D eigenvalue weighted by Gasteiger charge is 2.48. The van der Waals surface area contributed by atoms with Gasteiger partial charge in [0.1, 0.15) is 0 Å². The van der Waals surface area contributed by atoms with Gasteiger partial charge in [-0.2, -0.15) is 0 Å². The summed E-state index contributed by atoms with van der Waals surface area (Å²) in [5.74, 6) is 1.08. The predicted octanol–water partition coefficient (Wildman–Crippen LogP) is 1.70. The summed E-state index contributed by atoms with van der Waals surface area (Å²) in [5.41, 5.74) is 0.266. The molecular formula is C10H17NO. The van der Waals surface area contributed by atoms with E-state index in [4.69, 9.17) is 0 Å². The second-order valence-electron chi connectivity index (χ2n) is 4.66. The van der Waals surface area contributed by atoms with Gasteiger partial charge in [0.25, 0.3) is 0 Å². The van der Waals surface area contributed by atoms with E-state index in [2.05, 4.69) is 19.2 Å². The van der Waals surface area contributed by atoms with Gasteiger partial charge in [-0.05, 0) is 31.6 Å². The van der Waals surface area contributed by atoms with Crippen LogP contribution in [0.1, 0.15) is 39.5 Å². The molecule has 0 bridgehead atoms. The lowest BCUT2D eigenvalue weighted by Crippen LogP contribution is -2.47. The van der Waals surface area contributed by atoms with E-state index in [-0.39, 0.29) is 11.5 Å². The van der Waals surface area contributed by atoms with E-state index in [0.717, 1.165) is 6.42 Å². The second kappa shape index (κ2) is 2.48. The summed E-state index contributed by atoms with van der Waals surface area (Å²) in [6.07, 6.45) is 4.73. The number of carbonyl (C=O) groups excluding carboxylic acids is 1. The Balaban J connectivity index is 2.00. The van der Waals surface area contributed by atoms with Gasteiger partial charge in [-0.15, -0.1) is 0 Å². The van der Waals surface area contributed by atoms with Gasteiger partial charge in [0.15, 0.2) is 0 Å². The van der Waals surface area contributed by atoms with Crippen LogP contribution >= 0.6 is 0 Å². The molecule has 0 aromatic rings. The molecule has 1 aliphatic carbocycles. The lowest BCUT2D eigenvalue weighted by Gasteiger charge is -2.31. The number of hydrogen-bond donors (Lipinski definition) is 1. The molecule has 0 aromatic carbocycles. The molecule has 1 heterocycles. The summed E-state index contributed by atoms with van der Waals surface area (Å²) in [6.45, 7) is 4.27. The van der Waals surface area contributed by atoms with Crippen molar-refractivity contribution >= 4 is 5.91 Å². The Morgan fingerprint density at radius 3 is 2.50 bits per heavy atom. The Morgan fingerprint density at radius 2 is 2.08 bits per heavy atom. The Bertz CT molecular complexity index is 206. The van der Waals surface area contributed by atoms with Gasteiger partial charge in [0.2, 0.25) is 5.91 Å². The molecule has 2 aliphatic rings. The van der Waals surface area contributed by atoms with E-state index in [9.17, 15) is 4.79 Å². The zero-order valence-electron chi connectivity index (χ0n) is 7.89. The van der Waals surface area contributed by atoms with Crippen LogP contribution in [0.3, 0.4) is 0 Å². The highest BCUT2D eigenvalue weighted by atomic mass is 16.2. The number of amides is 1. The summed E-state index contributed by atoms with van der Waals surface area (Å²) in [5, 5.41) is 3.16. The zero-order chi connectivity index (χ0) is 8.77. The molecule has 12 heavy (non-hydrogen) atoms. The first-order chi connectivity index (χ1) is 5.63. The van der Waals surface area contributed by atoms with Crippen molar-refractivity contribution in [3.63, 3.8) is 0 Å². The average molecular weight is 167 g/mol. The first kappa shape index (κ1) is 8.09. The van der Waals surface area contributed by atoms with Crippen LogP contribution in [0.15, 0.2) is 0 Å². The molecular weight excluding hydrogens is 150 g/mol. The van der Waals surface area contributed by atoms with Gasteiger partial charge in [0.05, 0.1) is 0 Å². The lowest BCUT2D eigenvalue weighted by molar-refractivity contribution is -0.129. The van der Waals surface area contributed by atoms with Crippen molar-refractivity contribution in [1.29, 1.82) is 0 Å². The summed E-state index contributed by atoms with van der Waals surface area (Å²) in [7, 11) is 0. The van der Waals surface area contributed by atoms with Crippen molar-refractivity contribution in [2.24, 2.45) is 11.8 Å². The van der Waals surface area contributed by atoms with Crippen LogP contribution in [0.25, 0.3) is 0 Å². The molecule has 2 rings (SSSR count). The van der Waals surface area contributed by atoms with Gasteiger partial charge in [-0.1, -0.05) is 13.8 Å². The minimum atomic E-state index is 0.266. The third-order valence-electron chi connectivity index (χ3n) is 3.32. The Morgan fingerprint density at radius 1 is 1.42 bits per heavy atom. The molecule has 1 saturated heterocycles. The molecule has 1 saturated carbocycles. The first-order valence-electron chi connectivity index (χ1n) is 4.95. The van der Waals surface area contributed by atoms with E-state index in [1.54, 1.807) is 0 Å². The van der Waals surface area contributed by atoms with Crippen LogP contribution in [0.4, 0.5) is 0 Å². The maximum absolute atomic E-state index is 11.6. The summed E-state index contributed by atoms with van der Waals surface area (Å²) in [6, 6.07) is 0. The SMILES string of the molecule is CC(C)C1CCC2(CC2)NC1=O. The van der Waals surface area contributed by atoms with Crippen LogP contribution in [-0.4, -0.2) is 11.4 Å². The number of hydrogen-bond acceptors (Lipinski definition) is 1. The third-order valence-corrected chi connectivity index (χ3v) is 3.32. The van der Waals surface area contributed by atoms with Crippen LogP contribution in [0.2, 0.25) is 0 Å². The van der Waals surface area contributed by atoms with Crippen molar-refractivity contribution in [3.05, 3.63) is 0 Å². The fourth-order valence-corrected chi connectivity index (χ4v) is 2.14. The van der Waals surface area contributed by atoms with Gasteiger partial charge < -0.3 is 5.32 Å². The number of piperidine rings is 1. The zero-order valence-corrected chi connectivity index (χ0v) is 7.89. The van der Waals surface area contributed by atoms with Crippen molar-refractivity contribution < 1.29 is 4.79 Å². The smallest absolute Gasteiger partial charge is 0.223 e. The quantitative estimate of drug-likeness (QED) is 0.632. The standard InChI is InChI=1S/C10H17NO/c1-7(2)8-3-4-10(5-6-10)11-9(8)12/h7-8H,3-6H2,1-2H3,(H,11,12). The minimum Gasteiger partial charge on any atom is -0.350 e. The van der Waals surface area contributed by atoms with Crippen LogP contribution in [0.5, 0.6) is 0 Å². The first-order valence-corrected chi connectivity index (χ1v) is 4.95. The van der Waals surface area contributed by atoms with E-state index < -0.39 is 0 Å². The molecule has 0 radical (unpaired) electrons. The fourth-order valence-electron chi connectivity index (χ4n) is 2.14. The Labute approximate surface area is 73.7 Å². The van der Waals surface area contributed by atoms with E-state index in [1.807, 2.05) is 0 Å². The van der Waals surface area contributed by atoms with Gasteiger partial charge in [0, 0.05) is 11.5 Å². The van der Waals surface area contributed by atoms with Crippen molar-refractivity contribution in [2.75, 3.05) is 0 Å². The van der Waals surface area contributed by atoms with Crippen LogP contribution < -0.4 is 5.32 Å². The highest BCUT2D eigenvalue weighted by molar-refractivity contribution is 5.81. The number of carbonyl (C=O) groups is 1. The van der Waals surface area contributed by atoms with E-state index >= 15 is 0 Å². The molecule has 68 valence electrons. The van der Waals surface area contributed by atoms with Crippen molar-refractivity contribution in [2.45, 2.75) is 45.1 Å². The molecule has 0 aromatic heterocycles.